The molecule has 0 aromatic carbocycles. The number of aromatic amines is 1. The smallest absolute Gasteiger partial charge is 0.269 e. The molecule has 1 fully saturated rings. The van der Waals surface area contributed by atoms with Crippen molar-refractivity contribution >= 4 is 5.91 Å². The van der Waals surface area contributed by atoms with Crippen LogP contribution in [-0.4, -0.2) is 31.9 Å². The Morgan fingerprint density at radius 2 is 1.96 bits per heavy atom. The Kier molecular flexibility index (Phi) is 4.50. The van der Waals surface area contributed by atoms with Gasteiger partial charge in [0, 0.05) is 24.3 Å². The van der Waals surface area contributed by atoms with E-state index < -0.39 is 0 Å². The number of hydrogen-bond donors (Lipinski definition) is 2. The number of aryl methyl sites for hydroxylation is 2. The lowest BCUT2D eigenvalue weighted by Crippen LogP contribution is -2.34. The van der Waals surface area contributed by atoms with Crippen LogP contribution in [0.4, 0.5) is 0 Å². The van der Waals surface area contributed by atoms with Crippen LogP contribution in [0.1, 0.15) is 60.4 Å². The highest BCUT2D eigenvalue weighted by Crippen LogP contribution is 2.25. The third-order valence-corrected chi connectivity index (χ3v) is 4.78. The minimum absolute atomic E-state index is 0.0603. The molecule has 1 aliphatic carbocycles. The fourth-order valence-electron chi connectivity index (χ4n) is 3.40. The van der Waals surface area contributed by atoms with Crippen molar-refractivity contribution in [3.63, 3.8) is 0 Å². The van der Waals surface area contributed by atoms with Crippen molar-refractivity contribution in [1.29, 1.82) is 0 Å². The summed E-state index contributed by atoms with van der Waals surface area (Å²) in [5.41, 5.74) is 4.26. The zero-order chi connectivity index (χ0) is 16.4. The average Bonchev–Trinajstić information content (AvgIpc) is 2.97. The Balaban J connectivity index is 1.74. The number of aromatic nitrogens is 4. The lowest BCUT2D eigenvalue weighted by molar-refractivity contribution is 0.0928. The summed E-state index contributed by atoms with van der Waals surface area (Å²) in [4.78, 5) is 12.4. The summed E-state index contributed by atoms with van der Waals surface area (Å²) in [5.74, 6) is -0.0603. The monoisotopic (exact) mass is 315 g/mol. The van der Waals surface area contributed by atoms with E-state index in [9.17, 15) is 4.79 Å². The predicted molar refractivity (Wildman–Crippen MR) is 89.2 cm³/mol. The van der Waals surface area contributed by atoms with E-state index in [1.54, 1.807) is 0 Å². The van der Waals surface area contributed by atoms with Gasteiger partial charge >= 0.3 is 0 Å². The van der Waals surface area contributed by atoms with E-state index in [2.05, 4.69) is 20.6 Å². The van der Waals surface area contributed by atoms with Crippen LogP contribution in [0.15, 0.2) is 6.07 Å². The Morgan fingerprint density at radius 3 is 2.57 bits per heavy atom. The highest BCUT2D eigenvalue weighted by Gasteiger charge is 2.19. The molecule has 2 aromatic rings. The van der Waals surface area contributed by atoms with Gasteiger partial charge in [0.15, 0.2) is 0 Å². The van der Waals surface area contributed by atoms with Gasteiger partial charge in [-0.1, -0.05) is 25.7 Å². The number of H-pyrrole nitrogens is 1. The van der Waals surface area contributed by atoms with Gasteiger partial charge < -0.3 is 5.32 Å². The number of nitrogens with one attached hydrogen (secondary N) is 2. The van der Waals surface area contributed by atoms with E-state index in [4.69, 9.17) is 0 Å². The molecule has 6 nitrogen and oxygen atoms in total. The summed E-state index contributed by atoms with van der Waals surface area (Å²) in [6.45, 7) is 3.97. The van der Waals surface area contributed by atoms with Crippen LogP contribution >= 0.6 is 0 Å². The highest BCUT2D eigenvalue weighted by molar-refractivity contribution is 5.93. The molecule has 1 saturated carbocycles. The summed E-state index contributed by atoms with van der Waals surface area (Å²) in [6, 6.07) is 2.11. The number of hydrogen-bond acceptors (Lipinski definition) is 3. The lowest BCUT2D eigenvalue weighted by Gasteiger charge is -2.15. The van der Waals surface area contributed by atoms with Crippen molar-refractivity contribution in [3.8, 4) is 11.3 Å². The molecule has 0 unspecified atom stereocenters. The topological polar surface area (TPSA) is 75.6 Å². The lowest BCUT2D eigenvalue weighted by atomic mass is 10.1. The van der Waals surface area contributed by atoms with E-state index in [0.717, 1.165) is 35.5 Å². The van der Waals surface area contributed by atoms with Gasteiger partial charge in [-0.15, -0.1) is 0 Å². The highest BCUT2D eigenvalue weighted by atomic mass is 16.2. The number of nitrogens with zero attached hydrogens (tertiary/aromatic N) is 3. The van der Waals surface area contributed by atoms with Crippen molar-refractivity contribution < 1.29 is 4.79 Å². The molecule has 2 aromatic heterocycles. The van der Waals surface area contributed by atoms with E-state index >= 15 is 0 Å². The Hall–Kier alpha value is -2.11. The molecule has 0 atom stereocenters. The molecule has 23 heavy (non-hydrogen) atoms. The number of rotatable bonds is 3. The molecule has 3 rings (SSSR count). The molecule has 0 spiro atoms. The third kappa shape index (κ3) is 3.30. The predicted octanol–water partition coefficient (Wildman–Crippen LogP) is 2.88. The maximum atomic E-state index is 12.4. The van der Waals surface area contributed by atoms with E-state index in [-0.39, 0.29) is 5.91 Å². The second-order valence-corrected chi connectivity index (χ2v) is 6.50. The second-order valence-electron chi connectivity index (χ2n) is 6.50. The van der Waals surface area contributed by atoms with Gasteiger partial charge in [0.2, 0.25) is 0 Å². The Bertz CT molecular complexity index is 692. The van der Waals surface area contributed by atoms with Crippen LogP contribution in [0.2, 0.25) is 0 Å². The minimum Gasteiger partial charge on any atom is -0.348 e. The normalized spacial score (nSPS) is 16.3. The Morgan fingerprint density at radius 1 is 1.26 bits per heavy atom. The average molecular weight is 315 g/mol. The summed E-state index contributed by atoms with van der Waals surface area (Å²) >= 11 is 0. The van der Waals surface area contributed by atoms with Crippen molar-refractivity contribution in [3.05, 3.63) is 23.1 Å². The molecule has 0 saturated heterocycles. The molecule has 1 amide bonds. The van der Waals surface area contributed by atoms with Crippen LogP contribution < -0.4 is 5.32 Å². The second kappa shape index (κ2) is 6.56. The summed E-state index contributed by atoms with van der Waals surface area (Å²) in [5, 5.41) is 14.7. The van der Waals surface area contributed by atoms with Crippen molar-refractivity contribution in [1.82, 2.24) is 25.3 Å². The quantitative estimate of drug-likeness (QED) is 0.855. The molecule has 6 heteroatoms. The minimum atomic E-state index is -0.0603. The van der Waals surface area contributed by atoms with Gasteiger partial charge in [0.25, 0.3) is 5.91 Å². The van der Waals surface area contributed by atoms with Gasteiger partial charge in [-0.3, -0.25) is 14.6 Å². The molecule has 0 radical (unpaired) electrons. The maximum absolute atomic E-state index is 12.4. The zero-order valence-corrected chi connectivity index (χ0v) is 14.1. The molecule has 0 bridgehead atoms. The molecule has 124 valence electrons. The van der Waals surface area contributed by atoms with Crippen molar-refractivity contribution in [2.75, 3.05) is 0 Å². The summed E-state index contributed by atoms with van der Waals surface area (Å²) < 4.78 is 1.84. The molecular formula is C17H25N5O. The number of carbonyl (C=O) groups excluding carboxylic acids is 1. The first kappa shape index (κ1) is 15.8. The third-order valence-electron chi connectivity index (χ3n) is 4.78. The maximum Gasteiger partial charge on any atom is 0.269 e. The van der Waals surface area contributed by atoms with Crippen LogP contribution in [0, 0.1) is 13.8 Å². The fourth-order valence-corrected chi connectivity index (χ4v) is 3.40. The van der Waals surface area contributed by atoms with Gasteiger partial charge in [-0.05, 0) is 32.8 Å². The van der Waals surface area contributed by atoms with Crippen LogP contribution in [0.5, 0.6) is 0 Å². The van der Waals surface area contributed by atoms with Gasteiger partial charge in [0.1, 0.15) is 5.69 Å². The number of carbonyl (C=O) groups is 1. The molecule has 1 aliphatic rings. The van der Waals surface area contributed by atoms with Crippen molar-refractivity contribution in [2.24, 2.45) is 7.05 Å². The van der Waals surface area contributed by atoms with Crippen LogP contribution in [0.3, 0.4) is 0 Å². The zero-order valence-electron chi connectivity index (χ0n) is 14.1. The van der Waals surface area contributed by atoms with E-state index in [0.29, 0.717) is 11.7 Å². The van der Waals surface area contributed by atoms with E-state index in [1.807, 2.05) is 31.6 Å². The van der Waals surface area contributed by atoms with Crippen molar-refractivity contribution in [2.45, 2.75) is 58.4 Å². The molecule has 2 N–H and O–H groups in total. The first-order valence-electron chi connectivity index (χ1n) is 8.43. The fraction of sp³-hybridized carbons (Fsp3) is 0.588. The SMILES string of the molecule is Cc1nn(C)c(C)c1-c1cc(C(=O)NC2CCCCCC2)[nH]n1. The van der Waals surface area contributed by atoms with Crippen LogP contribution in [-0.2, 0) is 7.05 Å². The molecular weight excluding hydrogens is 290 g/mol. The summed E-state index contributed by atoms with van der Waals surface area (Å²) in [7, 11) is 1.91. The van der Waals surface area contributed by atoms with E-state index in [1.165, 1.54) is 25.7 Å². The first-order valence-corrected chi connectivity index (χ1v) is 8.43. The van der Waals surface area contributed by atoms with Gasteiger partial charge in [0.05, 0.1) is 11.4 Å². The standard InChI is InChI=1S/C17H25N5O/c1-11-16(12(2)22(3)21-11)14-10-15(20-19-14)17(23)18-13-8-6-4-5-7-9-13/h10,13H,4-9H2,1-3H3,(H,18,23)(H,19,20). The molecule has 2 heterocycles. The Labute approximate surface area is 136 Å². The van der Waals surface area contributed by atoms with Crippen LogP contribution in [0.25, 0.3) is 11.3 Å². The van der Waals surface area contributed by atoms with Gasteiger partial charge in [-0.2, -0.15) is 10.2 Å². The van der Waals surface area contributed by atoms with Gasteiger partial charge in [-0.25, -0.2) is 0 Å². The first-order chi connectivity index (χ1) is 11.1. The summed E-state index contributed by atoms with van der Waals surface area (Å²) in [6.07, 6.45) is 7.11. The largest absolute Gasteiger partial charge is 0.348 e. The number of amides is 1. The molecule has 0 aliphatic heterocycles.